The Labute approximate surface area is 134 Å². The number of nitrogens with one attached hydrogen (secondary N) is 2. The standard InChI is InChI=1S/C16H19ClN2OS/c1-11-4-5-12(2)14(8-11)18-16(20)10-19(3)9-13-6-7-15(17)21-13/h4-8H,9-10H2,1-3H3,(H,18,20)/p+1. The molecule has 2 rings (SSSR count). The van der Waals surface area contributed by atoms with E-state index in [-0.39, 0.29) is 5.91 Å². The van der Waals surface area contributed by atoms with Crippen LogP contribution < -0.4 is 10.2 Å². The summed E-state index contributed by atoms with van der Waals surface area (Å²) in [5, 5.41) is 2.99. The van der Waals surface area contributed by atoms with E-state index in [0.717, 1.165) is 32.6 Å². The van der Waals surface area contributed by atoms with Crippen LogP contribution in [0.3, 0.4) is 0 Å². The highest BCUT2D eigenvalue weighted by atomic mass is 35.5. The average molecular weight is 324 g/mol. The first-order valence-electron chi connectivity index (χ1n) is 6.86. The topological polar surface area (TPSA) is 33.5 Å². The summed E-state index contributed by atoms with van der Waals surface area (Å²) in [4.78, 5) is 14.5. The minimum absolute atomic E-state index is 0.0313. The van der Waals surface area contributed by atoms with Gasteiger partial charge in [0.2, 0.25) is 0 Å². The third-order valence-electron chi connectivity index (χ3n) is 3.23. The number of thiophene rings is 1. The van der Waals surface area contributed by atoms with Gasteiger partial charge in [-0.15, -0.1) is 11.3 Å². The third-order valence-corrected chi connectivity index (χ3v) is 4.47. The summed E-state index contributed by atoms with van der Waals surface area (Å²) in [6.07, 6.45) is 0. The number of carbonyl (C=O) groups excluding carboxylic acids is 1. The molecule has 0 bridgehead atoms. The molecule has 5 heteroatoms. The first-order chi connectivity index (χ1) is 9.94. The van der Waals surface area contributed by atoms with E-state index in [1.807, 2.05) is 51.2 Å². The van der Waals surface area contributed by atoms with E-state index in [2.05, 4.69) is 5.32 Å². The molecule has 1 amide bonds. The average Bonchev–Trinajstić information content (AvgIpc) is 2.79. The number of likely N-dealkylation sites (N-methyl/N-ethyl adjacent to an activating group) is 1. The van der Waals surface area contributed by atoms with Crippen LogP contribution in [0.4, 0.5) is 5.69 Å². The zero-order valence-electron chi connectivity index (χ0n) is 12.5. The highest BCUT2D eigenvalue weighted by Crippen LogP contribution is 2.20. The van der Waals surface area contributed by atoms with Gasteiger partial charge >= 0.3 is 0 Å². The Kier molecular flexibility index (Phi) is 5.39. The molecule has 112 valence electrons. The monoisotopic (exact) mass is 323 g/mol. The molecule has 0 saturated heterocycles. The molecule has 1 unspecified atom stereocenters. The Bertz CT molecular complexity index is 639. The molecule has 0 radical (unpaired) electrons. The van der Waals surface area contributed by atoms with Crippen molar-refractivity contribution in [2.24, 2.45) is 0 Å². The SMILES string of the molecule is Cc1ccc(C)c(NC(=O)C[NH+](C)Cc2ccc(Cl)s2)c1. The minimum Gasteiger partial charge on any atom is -0.325 e. The Morgan fingerprint density at radius 1 is 1.29 bits per heavy atom. The number of hydrogen-bond donors (Lipinski definition) is 2. The molecule has 21 heavy (non-hydrogen) atoms. The molecule has 1 aromatic carbocycles. The Morgan fingerprint density at radius 2 is 2.05 bits per heavy atom. The van der Waals surface area contributed by atoms with E-state index in [4.69, 9.17) is 11.6 Å². The van der Waals surface area contributed by atoms with Gasteiger partial charge in [-0.1, -0.05) is 23.7 Å². The molecule has 0 aliphatic rings. The van der Waals surface area contributed by atoms with Gasteiger partial charge in [-0.05, 0) is 43.2 Å². The highest BCUT2D eigenvalue weighted by Gasteiger charge is 2.13. The number of halogens is 1. The van der Waals surface area contributed by atoms with Crippen LogP contribution >= 0.6 is 22.9 Å². The van der Waals surface area contributed by atoms with Crippen molar-refractivity contribution in [3.63, 3.8) is 0 Å². The fourth-order valence-corrected chi connectivity index (χ4v) is 3.35. The summed E-state index contributed by atoms with van der Waals surface area (Å²) < 4.78 is 0.789. The summed E-state index contributed by atoms with van der Waals surface area (Å²) in [5.41, 5.74) is 3.12. The number of rotatable bonds is 5. The second-order valence-corrected chi connectivity index (χ2v) is 7.18. The normalized spacial score (nSPS) is 12.2. The van der Waals surface area contributed by atoms with E-state index in [9.17, 15) is 4.79 Å². The second kappa shape index (κ2) is 7.07. The van der Waals surface area contributed by atoms with Crippen molar-refractivity contribution in [3.8, 4) is 0 Å². The first-order valence-corrected chi connectivity index (χ1v) is 8.06. The van der Waals surface area contributed by atoms with Gasteiger partial charge in [0, 0.05) is 5.69 Å². The molecule has 0 saturated carbocycles. The fraction of sp³-hybridized carbons (Fsp3) is 0.312. The van der Waals surface area contributed by atoms with E-state index in [0.29, 0.717) is 6.54 Å². The van der Waals surface area contributed by atoms with Gasteiger partial charge in [0.1, 0.15) is 6.54 Å². The molecule has 0 aliphatic heterocycles. The predicted molar refractivity (Wildman–Crippen MR) is 89.3 cm³/mol. The molecule has 1 aromatic heterocycles. The molecule has 0 spiro atoms. The lowest BCUT2D eigenvalue weighted by Gasteiger charge is -2.14. The summed E-state index contributed by atoms with van der Waals surface area (Å²) in [6.45, 7) is 5.26. The smallest absolute Gasteiger partial charge is 0.279 e. The van der Waals surface area contributed by atoms with Crippen LogP contribution in [-0.2, 0) is 11.3 Å². The van der Waals surface area contributed by atoms with Crippen molar-refractivity contribution in [1.82, 2.24) is 0 Å². The predicted octanol–water partition coefficient (Wildman–Crippen LogP) is 2.67. The lowest BCUT2D eigenvalue weighted by atomic mass is 10.1. The molecular formula is C16H20ClN2OS+. The van der Waals surface area contributed by atoms with Crippen molar-refractivity contribution in [3.05, 3.63) is 50.7 Å². The summed E-state index contributed by atoms with van der Waals surface area (Å²) in [6, 6.07) is 9.98. The lowest BCUT2D eigenvalue weighted by Crippen LogP contribution is -3.08. The molecule has 1 atom stereocenters. The summed E-state index contributed by atoms with van der Waals surface area (Å²) in [5.74, 6) is 0.0313. The molecule has 2 N–H and O–H groups in total. The molecule has 2 aromatic rings. The van der Waals surface area contributed by atoms with Crippen molar-refractivity contribution in [2.45, 2.75) is 20.4 Å². The quantitative estimate of drug-likeness (QED) is 0.871. The maximum atomic E-state index is 12.1. The number of carbonyl (C=O) groups is 1. The van der Waals surface area contributed by atoms with Crippen LogP contribution in [-0.4, -0.2) is 19.5 Å². The van der Waals surface area contributed by atoms with Crippen LogP contribution in [0.15, 0.2) is 30.3 Å². The third kappa shape index (κ3) is 4.84. The Morgan fingerprint density at radius 3 is 2.71 bits per heavy atom. The van der Waals surface area contributed by atoms with E-state index < -0.39 is 0 Å². The van der Waals surface area contributed by atoms with E-state index in [1.165, 1.54) is 4.88 Å². The first kappa shape index (κ1) is 16.0. The van der Waals surface area contributed by atoms with Gasteiger partial charge in [-0.3, -0.25) is 4.79 Å². The number of anilines is 1. The summed E-state index contributed by atoms with van der Waals surface area (Å²) in [7, 11) is 2.01. The molecule has 0 fully saturated rings. The number of benzene rings is 1. The maximum absolute atomic E-state index is 12.1. The van der Waals surface area contributed by atoms with Crippen LogP contribution in [0.5, 0.6) is 0 Å². The molecular weight excluding hydrogens is 304 g/mol. The van der Waals surface area contributed by atoms with E-state index >= 15 is 0 Å². The van der Waals surface area contributed by atoms with Crippen LogP contribution in [0.1, 0.15) is 16.0 Å². The van der Waals surface area contributed by atoms with Gasteiger partial charge < -0.3 is 10.2 Å². The number of amides is 1. The van der Waals surface area contributed by atoms with Gasteiger partial charge in [-0.2, -0.15) is 0 Å². The maximum Gasteiger partial charge on any atom is 0.279 e. The van der Waals surface area contributed by atoms with Gasteiger partial charge in [0.25, 0.3) is 5.91 Å². The fourth-order valence-electron chi connectivity index (χ4n) is 2.15. The van der Waals surface area contributed by atoms with Crippen molar-refractivity contribution in [2.75, 3.05) is 18.9 Å². The van der Waals surface area contributed by atoms with Gasteiger partial charge in [-0.25, -0.2) is 0 Å². The number of aryl methyl sites for hydroxylation is 2. The van der Waals surface area contributed by atoms with Gasteiger partial charge in [0.15, 0.2) is 6.54 Å². The Balaban J connectivity index is 1.90. The summed E-state index contributed by atoms with van der Waals surface area (Å²) >= 11 is 7.48. The van der Waals surface area contributed by atoms with Crippen molar-refractivity contribution >= 4 is 34.5 Å². The molecule has 0 aliphatic carbocycles. The minimum atomic E-state index is 0.0313. The van der Waals surface area contributed by atoms with Crippen molar-refractivity contribution in [1.29, 1.82) is 0 Å². The zero-order chi connectivity index (χ0) is 15.4. The lowest BCUT2D eigenvalue weighted by molar-refractivity contribution is -0.884. The van der Waals surface area contributed by atoms with Crippen molar-refractivity contribution < 1.29 is 9.69 Å². The van der Waals surface area contributed by atoms with E-state index in [1.54, 1.807) is 11.3 Å². The second-order valence-electron chi connectivity index (χ2n) is 5.38. The van der Waals surface area contributed by atoms with Crippen LogP contribution in [0.25, 0.3) is 0 Å². The largest absolute Gasteiger partial charge is 0.325 e. The highest BCUT2D eigenvalue weighted by molar-refractivity contribution is 7.16. The molecule has 1 heterocycles. The molecule has 3 nitrogen and oxygen atoms in total. The van der Waals surface area contributed by atoms with Crippen LogP contribution in [0.2, 0.25) is 4.34 Å². The number of hydrogen-bond acceptors (Lipinski definition) is 2. The van der Waals surface area contributed by atoms with Gasteiger partial charge in [0.05, 0.1) is 16.3 Å². The van der Waals surface area contributed by atoms with Crippen LogP contribution in [0, 0.1) is 13.8 Å². The Hall–Kier alpha value is -1.36. The number of quaternary nitrogens is 1. The zero-order valence-corrected chi connectivity index (χ0v) is 14.1.